The molecule has 34 heavy (non-hydrogen) atoms. The van der Waals surface area contributed by atoms with Crippen LogP contribution in [0.2, 0.25) is 5.02 Å². The van der Waals surface area contributed by atoms with Crippen molar-refractivity contribution in [3.8, 4) is 11.5 Å². The summed E-state index contributed by atoms with van der Waals surface area (Å²) in [5.41, 5.74) is 0.883. The second-order valence-electron chi connectivity index (χ2n) is 7.71. The molecular formula is C26H18ClNO6. The number of nitrogens with zero attached hydrogens (tertiary/aromatic N) is 1. The Labute approximate surface area is 199 Å². The molecule has 170 valence electrons. The fourth-order valence-corrected chi connectivity index (χ4v) is 4.40. The maximum atomic E-state index is 13.7. The Morgan fingerprint density at radius 2 is 1.74 bits per heavy atom. The molecule has 4 aromatic rings. The van der Waals surface area contributed by atoms with Crippen LogP contribution in [0.15, 0.2) is 88.5 Å². The first kappa shape index (κ1) is 21.6. The number of ether oxygens (including phenoxy) is 1. The van der Waals surface area contributed by atoms with Gasteiger partial charge < -0.3 is 19.4 Å². The van der Waals surface area contributed by atoms with E-state index < -0.39 is 23.5 Å². The van der Waals surface area contributed by atoms with Crippen LogP contribution in [0, 0.1) is 0 Å². The maximum absolute atomic E-state index is 13.7. The number of hydrogen-bond donors (Lipinski definition) is 2. The molecule has 8 heteroatoms. The minimum atomic E-state index is -0.992. The summed E-state index contributed by atoms with van der Waals surface area (Å²) in [7, 11) is 1.45. The predicted octanol–water partition coefficient (Wildman–Crippen LogP) is 5.58. The van der Waals surface area contributed by atoms with Gasteiger partial charge in [-0.2, -0.15) is 0 Å². The van der Waals surface area contributed by atoms with Crippen molar-refractivity contribution in [2.45, 2.75) is 6.04 Å². The first-order valence-corrected chi connectivity index (χ1v) is 10.7. The normalized spacial score (nSPS) is 15.9. The van der Waals surface area contributed by atoms with E-state index in [0.29, 0.717) is 27.3 Å². The lowest BCUT2D eigenvalue weighted by Gasteiger charge is -2.27. The number of aromatic hydroxyl groups is 1. The first-order chi connectivity index (χ1) is 16.4. The molecule has 2 heterocycles. The van der Waals surface area contributed by atoms with Gasteiger partial charge in [0, 0.05) is 16.5 Å². The lowest BCUT2D eigenvalue weighted by atomic mass is 9.94. The van der Waals surface area contributed by atoms with Crippen molar-refractivity contribution in [2.75, 3.05) is 12.0 Å². The van der Waals surface area contributed by atoms with E-state index in [2.05, 4.69) is 0 Å². The number of amides is 1. The average molecular weight is 476 g/mol. The molecule has 0 bridgehead atoms. The van der Waals surface area contributed by atoms with E-state index in [1.165, 1.54) is 30.2 Å². The molecule has 1 aliphatic heterocycles. The highest BCUT2D eigenvalue weighted by atomic mass is 35.5. The maximum Gasteiger partial charge on any atom is 0.294 e. The molecule has 5 rings (SSSR count). The third-order valence-corrected chi connectivity index (χ3v) is 5.92. The first-order valence-electron chi connectivity index (χ1n) is 10.3. The Morgan fingerprint density at radius 3 is 2.44 bits per heavy atom. The highest BCUT2D eigenvalue weighted by Crippen LogP contribution is 2.45. The van der Waals surface area contributed by atoms with Crippen LogP contribution >= 0.6 is 11.6 Å². The van der Waals surface area contributed by atoms with Gasteiger partial charge in [0.1, 0.15) is 5.75 Å². The van der Waals surface area contributed by atoms with Gasteiger partial charge >= 0.3 is 0 Å². The molecule has 1 aromatic heterocycles. The number of aliphatic hydroxyl groups excluding tert-OH is 1. The number of aliphatic hydroxyl groups is 1. The van der Waals surface area contributed by atoms with Crippen LogP contribution in [-0.4, -0.2) is 29.0 Å². The summed E-state index contributed by atoms with van der Waals surface area (Å²) in [6.07, 6.45) is 0. The van der Waals surface area contributed by atoms with Gasteiger partial charge in [0.05, 0.1) is 24.4 Å². The van der Waals surface area contributed by atoms with Gasteiger partial charge in [0.25, 0.3) is 5.91 Å². The van der Waals surface area contributed by atoms with Gasteiger partial charge in [0.2, 0.25) is 5.78 Å². The van der Waals surface area contributed by atoms with Crippen LogP contribution in [0.5, 0.6) is 11.5 Å². The van der Waals surface area contributed by atoms with Crippen molar-refractivity contribution in [1.82, 2.24) is 0 Å². The molecule has 0 radical (unpaired) electrons. The summed E-state index contributed by atoms with van der Waals surface area (Å²) < 4.78 is 11.1. The molecule has 0 saturated carbocycles. The van der Waals surface area contributed by atoms with E-state index in [1.807, 2.05) is 0 Å². The van der Waals surface area contributed by atoms with Crippen molar-refractivity contribution >= 4 is 39.9 Å². The van der Waals surface area contributed by atoms with Crippen molar-refractivity contribution in [3.63, 3.8) is 0 Å². The smallest absolute Gasteiger partial charge is 0.294 e. The quantitative estimate of drug-likeness (QED) is 0.365. The fourth-order valence-electron chi connectivity index (χ4n) is 4.19. The zero-order valence-corrected chi connectivity index (χ0v) is 18.6. The minimum Gasteiger partial charge on any atom is -0.506 e. The number of hydrogen-bond acceptors (Lipinski definition) is 6. The fraction of sp³-hybridized carbons (Fsp3) is 0.0769. The Kier molecular flexibility index (Phi) is 5.26. The van der Waals surface area contributed by atoms with Gasteiger partial charge in [-0.25, -0.2) is 0 Å². The summed E-state index contributed by atoms with van der Waals surface area (Å²) in [6.45, 7) is 0. The number of methoxy groups -OCH3 is 1. The van der Waals surface area contributed by atoms with Crippen LogP contribution in [0.1, 0.15) is 22.2 Å². The van der Waals surface area contributed by atoms with Crippen LogP contribution in [0.4, 0.5) is 5.69 Å². The number of carbonyl (C=O) groups is 2. The number of fused-ring (bicyclic) bond motifs is 1. The van der Waals surface area contributed by atoms with Gasteiger partial charge in [-0.05, 0) is 29.8 Å². The molecule has 0 fully saturated rings. The lowest BCUT2D eigenvalue weighted by Crippen LogP contribution is -2.31. The summed E-state index contributed by atoms with van der Waals surface area (Å²) >= 11 is 6.13. The average Bonchev–Trinajstić information content (AvgIpc) is 3.38. The number of para-hydroxylation sites is 2. The molecule has 7 nitrogen and oxygen atoms in total. The van der Waals surface area contributed by atoms with Gasteiger partial charge in [-0.15, -0.1) is 0 Å². The lowest BCUT2D eigenvalue weighted by molar-refractivity contribution is -0.117. The van der Waals surface area contributed by atoms with Crippen molar-refractivity contribution in [3.05, 3.63) is 100 Å². The second kappa shape index (κ2) is 8.28. The van der Waals surface area contributed by atoms with E-state index in [1.54, 1.807) is 54.6 Å². The van der Waals surface area contributed by atoms with Crippen LogP contribution in [0.3, 0.4) is 0 Å². The third-order valence-electron chi connectivity index (χ3n) is 5.70. The van der Waals surface area contributed by atoms with E-state index in [-0.39, 0.29) is 22.8 Å². The van der Waals surface area contributed by atoms with Crippen molar-refractivity contribution in [2.24, 2.45) is 0 Å². The molecule has 1 aliphatic rings. The molecule has 1 atom stereocenters. The molecule has 2 N–H and O–H groups in total. The summed E-state index contributed by atoms with van der Waals surface area (Å²) in [5.74, 6) is -2.11. The predicted molar refractivity (Wildman–Crippen MR) is 127 cm³/mol. The number of anilines is 1. The molecule has 0 aliphatic carbocycles. The largest absolute Gasteiger partial charge is 0.506 e. The summed E-state index contributed by atoms with van der Waals surface area (Å²) in [6, 6.07) is 18.7. The second-order valence-corrected chi connectivity index (χ2v) is 8.14. The van der Waals surface area contributed by atoms with E-state index in [0.717, 1.165) is 0 Å². The number of carbonyl (C=O) groups excluding carboxylic acids is 2. The highest BCUT2D eigenvalue weighted by molar-refractivity contribution is 6.31. The molecule has 1 amide bonds. The Bertz CT molecular complexity index is 1470. The SMILES string of the molecule is COc1cc(Cl)cc2cc(C(=O)C3=C(O)C(=O)N(c4ccccc4O)C3c3ccccc3)oc12. The van der Waals surface area contributed by atoms with Gasteiger partial charge in [-0.3, -0.25) is 14.5 Å². The Hall–Kier alpha value is -4.23. The third kappa shape index (κ3) is 3.38. The monoisotopic (exact) mass is 475 g/mol. The van der Waals surface area contributed by atoms with Crippen molar-refractivity contribution < 1.29 is 29.0 Å². The molecule has 0 saturated heterocycles. The molecular weight excluding hydrogens is 458 g/mol. The number of furan rings is 1. The van der Waals surface area contributed by atoms with E-state index in [9.17, 15) is 19.8 Å². The molecule has 3 aromatic carbocycles. The molecule has 1 unspecified atom stereocenters. The van der Waals surface area contributed by atoms with E-state index >= 15 is 0 Å². The number of benzene rings is 3. The number of phenolic OH excluding ortho intramolecular Hbond substituents is 1. The number of halogens is 1. The van der Waals surface area contributed by atoms with Crippen LogP contribution in [0.25, 0.3) is 11.0 Å². The Balaban J connectivity index is 1.68. The number of phenols is 1. The van der Waals surface area contributed by atoms with Crippen LogP contribution < -0.4 is 9.64 Å². The number of rotatable bonds is 5. The number of ketones is 1. The topological polar surface area (TPSA) is 100 Å². The summed E-state index contributed by atoms with van der Waals surface area (Å²) in [5, 5.41) is 22.2. The van der Waals surface area contributed by atoms with Crippen molar-refractivity contribution in [1.29, 1.82) is 0 Å². The standard InChI is InChI=1S/C26H18ClNO6/c1-33-20-13-16(27)11-15-12-19(34-25(15)20)23(30)21-22(14-7-3-2-4-8-14)28(26(32)24(21)31)17-9-5-6-10-18(17)29/h2-13,22,29,31H,1H3. The molecule has 0 spiro atoms. The number of Topliss-reactive ketones (excluding diaryl/α,β-unsaturated/α-hetero) is 1. The summed E-state index contributed by atoms with van der Waals surface area (Å²) in [4.78, 5) is 28.1. The highest BCUT2D eigenvalue weighted by Gasteiger charge is 2.46. The zero-order valence-electron chi connectivity index (χ0n) is 17.9. The zero-order chi connectivity index (χ0) is 24.0. The van der Waals surface area contributed by atoms with Gasteiger partial charge in [-0.1, -0.05) is 54.1 Å². The Morgan fingerprint density at radius 1 is 1.03 bits per heavy atom. The van der Waals surface area contributed by atoms with Crippen LogP contribution in [-0.2, 0) is 4.79 Å². The van der Waals surface area contributed by atoms with E-state index in [4.69, 9.17) is 20.8 Å². The minimum absolute atomic E-state index is 0.0926. The van der Waals surface area contributed by atoms with Gasteiger partial charge in [0.15, 0.2) is 22.9 Å².